The quantitative estimate of drug-likeness (QED) is 0.624. The van der Waals surface area contributed by atoms with Crippen LogP contribution in [0.2, 0.25) is 0 Å². The zero-order valence-corrected chi connectivity index (χ0v) is 20.4. The van der Waals surface area contributed by atoms with Gasteiger partial charge in [0.25, 0.3) is 0 Å². The zero-order valence-electron chi connectivity index (χ0n) is 18.0. The molecule has 1 amide bonds. The van der Waals surface area contributed by atoms with Gasteiger partial charge in [-0.1, -0.05) is 22.0 Å². The van der Waals surface area contributed by atoms with E-state index in [1.807, 2.05) is 36.9 Å². The van der Waals surface area contributed by atoms with Crippen LogP contribution in [0, 0.1) is 12.8 Å². The number of carbonyl (C=O) groups is 1. The number of aryl methyl sites for hydroxylation is 1. The van der Waals surface area contributed by atoms with Crippen molar-refractivity contribution in [2.45, 2.75) is 44.0 Å². The summed E-state index contributed by atoms with van der Waals surface area (Å²) in [6.45, 7) is 4.49. The molecule has 6 nitrogen and oxygen atoms in total. The summed E-state index contributed by atoms with van der Waals surface area (Å²) < 4.78 is 34.6. The second kappa shape index (κ2) is 8.56. The molecule has 0 aliphatic carbocycles. The molecule has 1 fully saturated rings. The van der Waals surface area contributed by atoms with Crippen molar-refractivity contribution in [1.82, 2.24) is 4.31 Å². The minimum absolute atomic E-state index is 0.00433. The summed E-state index contributed by atoms with van der Waals surface area (Å²) in [6, 6.07) is 11.2. The van der Waals surface area contributed by atoms with Gasteiger partial charge in [-0.2, -0.15) is 4.31 Å². The topological polar surface area (TPSA) is 66.9 Å². The Morgan fingerprint density at radius 1 is 1.19 bits per heavy atom. The fraction of sp³-hybridized carbons (Fsp3) is 0.435. The molecule has 2 aliphatic rings. The van der Waals surface area contributed by atoms with Crippen molar-refractivity contribution in [3.05, 3.63) is 52.0 Å². The van der Waals surface area contributed by atoms with Crippen molar-refractivity contribution in [3.63, 3.8) is 0 Å². The Labute approximate surface area is 192 Å². The summed E-state index contributed by atoms with van der Waals surface area (Å²) in [5, 5.41) is 0. The second-order valence-corrected chi connectivity index (χ2v) is 11.2. The number of halogens is 1. The molecule has 2 aromatic rings. The number of amides is 1. The molecule has 2 aliphatic heterocycles. The number of piperidine rings is 1. The summed E-state index contributed by atoms with van der Waals surface area (Å²) >= 11 is 3.50. The number of hydrogen-bond donors (Lipinski definition) is 0. The average Bonchev–Trinajstić information content (AvgIpc) is 3.07. The largest absolute Gasteiger partial charge is 0.495 e. The van der Waals surface area contributed by atoms with Crippen molar-refractivity contribution >= 4 is 37.5 Å². The number of benzene rings is 2. The molecule has 0 aromatic heterocycles. The average molecular weight is 507 g/mol. The number of anilines is 1. The van der Waals surface area contributed by atoms with Crippen molar-refractivity contribution in [2.24, 2.45) is 5.92 Å². The lowest BCUT2D eigenvalue weighted by atomic mass is 9.97. The number of fused-ring (bicyclic) bond motifs is 1. The summed E-state index contributed by atoms with van der Waals surface area (Å²) in [6.07, 6.45) is 2.14. The van der Waals surface area contributed by atoms with Gasteiger partial charge in [0.15, 0.2) is 0 Å². The lowest BCUT2D eigenvalue weighted by molar-refractivity contribution is -0.123. The Kier molecular flexibility index (Phi) is 6.16. The Balaban J connectivity index is 1.60. The van der Waals surface area contributed by atoms with E-state index in [0.717, 1.165) is 27.7 Å². The van der Waals surface area contributed by atoms with Crippen LogP contribution in [0.1, 0.15) is 30.9 Å². The van der Waals surface area contributed by atoms with Gasteiger partial charge in [-0.05, 0) is 74.6 Å². The summed E-state index contributed by atoms with van der Waals surface area (Å²) in [5.41, 5.74) is 2.92. The van der Waals surface area contributed by atoms with Gasteiger partial charge in [0.1, 0.15) is 10.6 Å². The third-order valence-electron chi connectivity index (χ3n) is 6.16. The molecule has 8 heteroatoms. The molecule has 2 heterocycles. The van der Waals surface area contributed by atoms with E-state index in [0.29, 0.717) is 25.1 Å². The van der Waals surface area contributed by atoms with E-state index in [4.69, 9.17) is 4.74 Å². The minimum atomic E-state index is -3.77. The highest BCUT2D eigenvalue weighted by molar-refractivity contribution is 9.10. The lowest BCUT2D eigenvalue weighted by Crippen LogP contribution is -2.48. The second-order valence-electron chi connectivity index (χ2n) is 8.39. The highest BCUT2D eigenvalue weighted by Crippen LogP contribution is 2.37. The van der Waals surface area contributed by atoms with E-state index in [1.165, 1.54) is 11.4 Å². The zero-order chi connectivity index (χ0) is 22.3. The molecule has 0 N–H and O–H groups in total. The van der Waals surface area contributed by atoms with E-state index < -0.39 is 10.0 Å². The standard InChI is InChI=1S/C23H27BrN2O4S/c1-15-6-9-21(30-3)22(11-15)31(28,29)25-10-4-5-17(14-25)23(27)26-16(2)12-18-13-19(24)7-8-20(18)26/h6-9,11,13,16-17H,4-5,10,12,14H2,1-3H3/t16-,17+/m1/s1. The molecular weight excluding hydrogens is 480 g/mol. The van der Waals surface area contributed by atoms with E-state index in [9.17, 15) is 13.2 Å². The van der Waals surface area contributed by atoms with E-state index in [-0.39, 0.29) is 29.3 Å². The first-order valence-corrected chi connectivity index (χ1v) is 12.7. The summed E-state index contributed by atoms with van der Waals surface area (Å²) in [5.74, 6) is -0.0345. The molecule has 0 spiro atoms. The van der Waals surface area contributed by atoms with Gasteiger partial charge in [0.2, 0.25) is 15.9 Å². The van der Waals surface area contributed by atoms with Gasteiger partial charge in [-0.15, -0.1) is 0 Å². The molecule has 0 saturated carbocycles. The molecule has 4 rings (SSSR count). The molecule has 0 unspecified atom stereocenters. The number of sulfonamides is 1. The summed E-state index contributed by atoms with van der Waals surface area (Å²) in [7, 11) is -2.30. The number of ether oxygens (including phenoxy) is 1. The molecule has 166 valence electrons. The highest BCUT2D eigenvalue weighted by atomic mass is 79.9. The van der Waals surface area contributed by atoms with Crippen LogP contribution in [0.25, 0.3) is 0 Å². The SMILES string of the molecule is COc1ccc(C)cc1S(=O)(=O)N1CCC[C@H](C(=O)N2c3ccc(Br)cc3C[C@H]2C)C1. The third kappa shape index (κ3) is 4.13. The molecule has 2 aromatic carbocycles. The van der Waals surface area contributed by atoms with Crippen LogP contribution in [0.15, 0.2) is 45.8 Å². The van der Waals surface area contributed by atoms with E-state index >= 15 is 0 Å². The number of rotatable bonds is 4. The van der Waals surface area contributed by atoms with Crippen molar-refractivity contribution in [2.75, 3.05) is 25.1 Å². The third-order valence-corrected chi connectivity index (χ3v) is 8.54. The fourth-order valence-electron chi connectivity index (χ4n) is 4.62. The van der Waals surface area contributed by atoms with Crippen LogP contribution >= 0.6 is 15.9 Å². The smallest absolute Gasteiger partial charge is 0.246 e. The first-order chi connectivity index (χ1) is 14.7. The van der Waals surface area contributed by atoms with Gasteiger partial charge in [0, 0.05) is 29.3 Å². The summed E-state index contributed by atoms with van der Waals surface area (Å²) in [4.78, 5) is 15.5. The molecule has 2 atom stereocenters. The molecule has 0 bridgehead atoms. The van der Waals surface area contributed by atoms with Crippen molar-refractivity contribution in [1.29, 1.82) is 0 Å². The van der Waals surface area contributed by atoms with E-state index in [2.05, 4.69) is 22.0 Å². The molecule has 31 heavy (non-hydrogen) atoms. The fourth-order valence-corrected chi connectivity index (χ4v) is 6.79. The van der Waals surface area contributed by atoms with Crippen LogP contribution in [0.3, 0.4) is 0 Å². The van der Waals surface area contributed by atoms with Gasteiger partial charge in [-0.3, -0.25) is 4.79 Å². The van der Waals surface area contributed by atoms with Crippen LogP contribution in [-0.2, 0) is 21.2 Å². The maximum Gasteiger partial charge on any atom is 0.246 e. The maximum absolute atomic E-state index is 13.5. The predicted octanol–water partition coefficient (Wildman–Crippen LogP) is 4.14. The molecule has 0 radical (unpaired) electrons. The van der Waals surface area contributed by atoms with Crippen LogP contribution in [-0.4, -0.2) is 44.9 Å². The van der Waals surface area contributed by atoms with Crippen LogP contribution < -0.4 is 9.64 Å². The van der Waals surface area contributed by atoms with Gasteiger partial charge >= 0.3 is 0 Å². The van der Waals surface area contributed by atoms with Gasteiger partial charge in [0.05, 0.1) is 13.0 Å². The predicted molar refractivity (Wildman–Crippen MR) is 124 cm³/mol. The highest BCUT2D eigenvalue weighted by Gasteiger charge is 2.39. The van der Waals surface area contributed by atoms with Gasteiger partial charge < -0.3 is 9.64 Å². The van der Waals surface area contributed by atoms with Crippen LogP contribution in [0.4, 0.5) is 5.69 Å². The normalized spacial score (nSPS) is 21.7. The van der Waals surface area contributed by atoms with Crippen molar-refractivity contribution < 1.29 is 17.9 Å². The number of hydrogen-bond acceptors (Lipinski definition) is 4. The lowest BCUT2D eigenvalue weighted by Gasteiger charge is -2.35. The Morgan fingerprint density at radius 2 is 1.97 bits per heavy atom. The molecule has 1 saturated heterocycles. The maximum atomic E-state index is 13.5. The Hall–Kier alpha value is -1.90. The Bertz CT molecular complexity index is 1120. The number of carbonyl (C=O) groups excluding carboxylic acids is 1. The first kappa shape index (κ1) is 22.3. The van der Waals surface area contributed by atoms with Gasteiger partial charge in [-0.25, -0.2) is 8.42 Å². The monoisotopic (exact) mass is 506 g/mol. The van der Waals surface area contributed by atoms with Crippen LogP contribution in [0.5, 0.6) is 5.75 Å². The number of nitrogens with zero attached hydrogens (tertiary/aromatic N) is 2. The number of methoxy groups -OCH3 is 1. The Morgan fingerprint density at radius 3 is 2.71 bits per heavy atom. The van der Waals surface area contributed by atoms with E-state index in [1.54, 1.807) is 12.1 Å². The first-order valence-electron chi connectivity index (χ1n) is 10.5. The minimum Gasteiger partial charge on any atom is -0.495 e. The molecular formula is C23H27BrN2O4S. The van der Waals surface area contributed by atoms with Crippen molar-refractivity contribution in [3.8, 4) is 5.75 Å².